The van der Waals surface area contributed by atoms with Crippen LogP contribution in [0.3, 0.4) is 0 Å². The number of hydrogen-bond donors (Lipinski definition) is 1. The van der Waals surface area contributed by atoms with E-state index >= 15 is 0 Å². The van der Waals surface area contributed by atoms with Crippen LogP contribution in [0.1, 0.15) is 23.8 Å². The standard InChI is InChI=1S/C15H23ClN4O/c1-4-17-13-6-5-12(16)14(18-13)15(21)20(3)10-11-7-8-19(2)9-11/h5-6,11H,4,7-10H2,1-3H3,(H,17,18). The third kappa shape index (κ3) is 4.08. The van der Waals surface area contributed by atoms with Gasteiger partial charge in [0.1, 0.15) is 11.5 Å². The number of anilines is 1. The van der Waals surface area contributed by atoms with Gasteiger partial charge in [-0.1, -0.05) is 11.6 Å². The lowest BCUT2D eigenvalue weighted by atomic mass is 10.1. The van der Waals surface area contributed by atoms with Gasteiger partial charge in [-0.3, -0.25) is 4.79 Å². The summed E-state index contributed by atoms with van der Waals surface area (Å²) in [6, 6.07) is 3.51. The van der Waals surface area contributed by atoms with Gasteiger partial charge >= 0.3 is 0 Å². The Hall–Kier alpha value is -1.33. The van der Waals surface area contributed by atoms with E-state index in [2.05, 4.69) is 22.2 Å². The third-order valence-electron chi connectivity index (χ3n) is 3.77. The number of carbonyl (C=O) groups excluding carboxylic acids is 1. The number of nitrogens with zero attached hydrogens (tertiary/aromatic N) is 3. The molecule has 1 amide bonds. The number of halogens is 1. The molecule has 0 saturated carbocycles. The lowest BCUT2D eigenvalue weighted by Crippen LogP contribution is -2.33. The summed E-state index contributed by atoms with van der Waals surface area (Å²) in [6.07, 6.45) is 1.13. The molecule has 0 bridgehead atoms. The Morgan fingerprint density at radius 2 is 2.33 bits per heavy atom. The largest absolute Gasteiger partial charge is 0.370 e. The molecule has 0 aliphatic carbocycles. The summed E-state index contributed by atoms with van der Waals surface area (Å²) in [7, 11) is 3.93. The summed E-state index contributed by atoms with van der Waals surface area (Å²) in [5.74, 6) is 1.09. The maximum Gasteiger partial charge on any atom is 0.273 e. The van der Waals surface area contributed by atoms with Gasteiger partial charge in [0, 0.05) is 26.7 Å². The van der Waals surface area contributed by atoms with Crippen molar-refractivity contribution in [3.8, 4) is 0 Å². The van der Waals surface area contributed by atoms with Crippen LogP contribution in [0, 0.1) is 5.92 Å². The number of hydrogen-bond acceptors (Lipinski definition) is 4. The lowest BCUT2D eigenvalue weighted by Gasteiger charge is -2.21. The molecule has 0 radical (unpaired) electrons. The highest BCUT2D eigenvalue weighted by atomic mass is 35.5. The molecule has 1 atom stereocenters. The van der Waals surface area contributed by atoms with E-state index in [-0.39, 0.29) is 5.91 Å². The first-order chi connectivity index (χ1) is 10.0. The minimum absolute atomic E-state index is 0.116. The minimum Gasteiger partial charge on any atom is -0.370 e. The molecule has 1 saturated heterocycles. The van der Waals surface area contributed by atoms with Crippen molar-refractivity contribution < 1.29 is 4.79 Å². The average Bonchev–Trinajstić information content (AvgIpc) is 2.85. The molecule has 1 aliphatic heterocycles. The number of carbonyl (C=O) groups is 1. The van der Waals surface area contributed by atoms with Crippen molar-refractivity contribution in [2.45, 2.75) is 13.3 Å². The maximum atomic E-state index is 12.5. The van der Waals surface area contributed by atoms with Crippen LogP contribution in [0.4, 0.5) is 5.82 Å². The Labute approximate surface area is 131 Å². The van der Waals surface area contributed by atoms with E-state index in [9.17, 15) is 4.79 Å². The predicted octanol–water partition coefficient (Wildman–Crippen LogP) is 2.19. The highest BCUT2D eigenvalue weighted by Crippen LogP contribution is 2.20. The molecule has 1 fully saturated rings. The molecule has 1 aromatic heterocycles. The fraction of sp³-hybridized carbons (Fsp3) is 0.600. The van der Waals surface area contributed by atoms with Crippen molar-refractivity contribution in [2.75, 3.05) is 45.6 Å². The van der Waals surface area contributed by atoms with E-state index in [0.717, 1.165) is 32.6 Å². The topological polar surface area (TPSA) is 48.5 Å². The van der Waals surface area contributed by atoms with E-state index < -0.39 is 0 Å². The number of aromatic nitrogens is 1. The molecule has 21 heavy (non-hydrogen) atoms. The molecule has 0 spiro atoms. The van der Waals surface area contributed by atoms with E-state index in [1.165, 1.54) is 0 Å². The van der Waals surface area contributed by atoms with E-state index in [0.29, 0.717) is 22.5 Å². The van der Waals surface area contributed by atoms with Crippen LogP contribution in [-0.2, 0) is 0 Å². The summed E-state index contributed by atoms with van der Waals surface area (Å²) >= 11 is 6.13. The number of rotatable bonds is 5. The zero-order valence-corrected chi connectivity index (χ0v) is 13.7. The third-order valence-corrected chi connectivity index (χ3v) is 4.08. The van der Waals surface area contributed by atoms with Crippen molar-refractivity contribution >= 4 is 23.3 Å². The van der Waals surface area contributed by atoms with Crippen LogP contribution >= 0.6 is 11.6 Å². The predicted molar refractivity (Wildman–Crippen MR) is 86.0 cm³/mol. The highest BCUT2D eigenvalue weighted by Gasteiger charge is 2.24. The zero-order chi connectivity index (χ0) is 15.4. The van der Waals surface area contributed by atoms with Gasteiger partial charge in [0.2, 0.25) is 0 Å². The summed E-state index contributed by atoms with van der Waals surface area (Å²) in [6.45, 7) is 5.62. The number of likely N-dealkylation sites (tertiary alicyclic amines) is 1. The molecule has 1 aliphatic rings. The molecule has 0 aromatic carbocycles. The van der Waals surface area contributed by atoms with Crippen molar-refractivity contribution in [3.63, 3.8) is 0 Å². The summed E-state index contributed by atoms with van der Waals surface area (Å²) < 4.78 is 0. The first kappa shape index (κ1) is 16.0. The molecule has 5 nitrogen and oxygen atoms in total. The second-order valence-corrected chi connectivity index (χ2v) is 6.07. The summed E-state index contributed by atoms with van der Waals surface area (Å²) in [5, 5.41) is 3.50. The van der Waals surface area contributed by atoms with Crippen LogP contribution < -0.4 is 5.32 Å². The van der Waals surface area contributed by atoms with Gasteiger partial charge in [-0.25, -0.2) is 4.98 Å². The molecule has 1 unspecified atom stereocenters. The van der Waals surface area contributed by atoms with E-state index in [1.54, 1.807) is 17.0 Å². The van der Waals surface area contributed by atoms with Gasteiger partial charge in [-0.15, -0.1) is 0 Å². The van der Waals surface area contributed by atoms with E-state index in [4.69, 9.17) is 11.6 Å². The SMILES string of the molecule is CCNc1ccc(Cl)c(C(=O)N(C)CC2CCN(C)C2)n1. The Balaban J connectivity index is 2.06. The summed E-state index contributed by atoms with van der Waals surface area (Å²) in [5.41, 5.74) is 0.323. The van der Waals surface area contributed by atoms with Crippen LogP contribution in [0.5, 0.6) is 0 Å². The zero-order valence-electron chi connectivity index (χ0n) is 12.9. The second-order valence-electron chi connectivity index (χ2n) is 5.66. The molecule has 1 aromatic rings. The van der Waals surface area contributed by atoms with Gasteiger partial charge in [0.25, 0.3) is 5.91 Å². The highest BCUT2D eigenvalue weighted by molar-refractivity contribution is 6.33. The average molecular weight is 311 g/mol. The Bertz CT molecular complexity index is 508. The van der Waals surface area contributed by atoms with Crippen molar-refractivity contribution in [1.29, 1.82) is 0 Å². The fourth-order valence-corrected chi connectivity index (χ4v) is 2.88. The molecule has 1 N–H and O–H groups in total. The van der Waals surface area contributed by atoms with Gasteiger partial charge in [-0.05, 0) is 45.0 Å². The van der Waals surface area contributed by atoms with Crippen molar-refractivity contribution in [3.05, 3.63) is 22.8 Å². The quantitative estimate of drug-likeness (QED) is 0.905. The normalized spacial score (nSPS) is 18.8. The van der Waals surface area contributed by atoms with Crippen LogP contribution in [0.2, 0.25) is 5.02 Å². The molecule has 6 heteroatoms. The second kappa shape index (κ2) is 7.09. The van der Waals surface area contributed by atoms with Gasteiger partial charge in [0.05, 0.1) is 5.02 Å². The molecule has 2 rings (SSSR count). The van der Waals surface area contributed by atoms with Crippen molar-refractivity contribution in [2.24, 2.45) is 5.92 Å². The number of nitrogens with one attached hydrogen (secondary N) is 1. The summed E-state index contributed by atoms with van der Waals surface area (Å²) in [4.78, 5) is 20.9. The fourth-order valence-electron chi connectivity index (χ4n) is 2.70. The van der Waals surface area contributed by atoms with E-state index in [1.807, 2.05) is 14.0 Å². The molecule has 116 valence electrons. The lowest BCUT2D eigenvalue weighted by molar-refractivity contribution is 0.0768. The number of amides is 1. The van der Waals surface area contributed by atoms with Crippen LogP contribution in [0.15, 0.2) is 12.1 Å². The molecule has 2 heterocycles. The monoisotopic (exact) mass is 310 g/mol. The minimum atomic E-state index is -0.116. The van der Waals surface area contributed by atoms with Crippen molar-refractivity contribution in [1.82, 2.24) is 14.8 Å². The van der Waals surface area contributed by atoms with Gasteiger partial charge in [0.15, 0.2) is 0 Å². The Morgan fingerprint density at radius 1 is 1.57 bits per heavy atom. The number of pyridine rings is 1. The first-order valence-electron chi connectivity index (χ1n) is 7.35. The smallest absolute Gasteiger partial charge is 0.273 e. The van der Waals surface area contributed by atoms with Crippen LogP contribution in [-0.4, -0.2) is 61.0 Å². The Morgan fingerprint density at radius 3 is 2.95 bits per heavy atom. The first-order valence-corrected chi connectivity index (χ1v) is 7.73. The van der Waals surface area contributed by atoms with Gasteiger partial charge in [-0.2, -0.15) is 0 Å². The molecular weight excluding hydrogens is 288 g/mol. The van der Waals surface area contributed by atoms with Gasteiger partial charge < -0.3 is 15.1 Å². The Kier molecular flexibility index (Phi) is 5.42. The maximum absolute atomic E-state index is 12.5. The molecular formula is C15H23ClN4O. The van der Waals surface area contributed by atoms with Crippen LogP contribution in [0.25, 0.3) is 0 Å².